The topological polar surface area (TPSA) is 149 Å². The Kier molecular flexibility index (Phi) is 13.8. The summed E-state index contributed by atoms with van der Waals surface area (Å²) < 4.78 is 0. The summed E-state index contributed by atoms with van der Waals surface area (Å²) in [6, 6.07) is 0. The van der Waals surface area contributed by atoms with E-state index < -0.39 is 0 Å². The minimum Gasteiger partial charge on any atom is -0.393 e. The van der Waals surface area contributed by atoms with E-state index in [0.29, 0.717) is 122 Å². The van der Waals surface area contributed by atoms with E-state index in [0.717, 1.165) is 71.5 Å². The fourth-order valence-corrected chi connectivity index (χ4v) is 18.5. The summed E-state index contributed by atoms with van der Waals surface area (Å²) in [6.45, 7) is 7.71. The number of allylic oxidation sites excluding steroid dienone is 8. The van der Waals surface area contributed by atoms with E-state index in [1.807, 2.05) is 27.7 Å². The molecule has 12 saturated carbocycles. The van der Waals surface area contributed by atoms with Crippen molar-refractivity contribution >= 4 is 69.5 Å². The van der Waals surface area contributed by atoms with Gasteiger partial charge in [-0.25, -0.2) is 0 Å². The first-order valence-corrected chi connectivity index (χ1v) is 26.2. The first kappa shape index (κ1) is 47.7. The summed E-state index contributed by atoms with van der Waals surface area (Å²) in [5.41, 5.74) is 5.13. The third-order valence-electron chi connectivity index (χ3n) is 19.2. The second kappa shape index (κ2) is 18.5. The summed E-state index contributed by atoms with van der Waals surface area (Å²) in [4.78, 5) is 48.0. The van der Waals surface area contributed by atoms with Crippen molar-refractivity contribution in [3.8, 4) is 0 Å². The molecule has 0 aromatic rings. The average Bonchev–Trinajstić information content (AvgIpc) is 4.13. The number of carbonyl (C=O) groups excluding carboxylic acids is 4. The Morgan fingerprint density at radius 1 is 0.328 bits per heavy atom. The molecule has 8 bridgehead atoms. The second-order valence-corrected chi connectivity index (χ2v) is 24.1. The highest BCUT2D eigenvalue weighted by atomic mass is 35.5. The van der Waals surface area contributed by atoms with Crippen LogP contribution < -0.4 is 0 Å². The van der Waals surface area contributed by atoms with E-state index in [9.17, 15) is 39.6 Å². The van der Waals surface area contributed by atoms with E-state index in [-0.39, 0.29) is 71.8 Å². The lowest BCUT2D eigenvalue weighted by molar-refractivity contribution is -0.134. The summed E-state index contributed by atoms with van der Waals surface area (Å²) in [7, 11) is 0. The van der Waals surface area contributed by atoms with Crippen molar-refractivity contribution in [1.82, 2.24) is 0 Å². The zero-order chi connectivity index (χ0) is 45.8. The standard InChI is InChI=1S/4C13H17ClO2/c4*1-6(14)11-7-2-3-8(11)13-10(16)5-4-9(15)12(7)13/h4*7-9,12-13,15H,2-5H2,1H3/b4*11-6+/t7?,8?,9-,12+,13+;7?,8?,9-,12+,13-;7?,8?,9-,12-,13+;7?,8?,9-,12-,13-/m0101/s1. The SMILES string of the molecule is C/C(Cl)=C1/C2CCC1[C@@H]1C(=O)CC[C@@H](O)[C@@H]21.C/C(Cl)=C1/C2CCC1[C@@H]1C(=O)CC[C@@H](O)[C@H]21.C/C(Cl)=C1/C2CCC1[C@@H]1C(=O)CC[C@H](O)[C@@H]21.C/C(Cl)=C1/C2CCC1[C@@H]1C(=O)CC[C@H](O)[C@H]21. The molecule has 20 atom stereocenters. The zero-order valence-electron chi connectivity index (χ0n) is 37.8. The number of fused-ring (bicyclic) bond motifs is 20. The lowest BCUT2D eigenvalue weighted by Gasteiger charge is -2.36. The van der Waals surface area contributed by atoms with Crippen molar-refractivity contribution < 1.29 is 39.6 Å². The van der Waals surface area contributed by atoms with Crippen LogP contribution in [-0.2, 0) is 19.2 Å². The van der Waals surface area contributed by atoms with Crippen molar-refractivity contribution in [2.45, 2.75) is 155 Å². The van der Waals surface area contributed by atoms with Gasteiger partial charge < -0.3 is 20.4 Å². The molecular formula is C52H68Cl4O8. The molecule has 0 heterocycles. The third-order valence-corrected chi connectivity index (χ3v) is 20.1. The molecule has 0 aromatic carbocycles. The van der Waals surface area contributed by atoms with Crippen LogP contribution in [0, 0.1) is 94.7 Å². The quantitative estimate of drug-likeness (QED) is 0.188. The van der Waals surface area contributed by atoms with Crippen LogP contribution in [0.15, 0.2) is 42.4 Å². The number of aliphatic hydroxyl groups excluding tert-OH is 4. The molecule has 352 valence electrons. The molecule has 8 unspecified atom stereocenters. The normalized spacial score (nSPS) is 49.4. The van der Waals surface area contributed by atoms with Gasteiger partial charge in [0.05, 0.1) is 24.4 Å². The highest BCUT2D eigenvalue weighted by Crippen LogP contribution is 2.64. The Morgan fingerprint density at radius 2 is 0.500 bits per heavy atom. The summed E-state index contributed by atoms with van der Waals surface area (Å²) in [5.74, 6) is 5.31. The Bertz CT molecular complexity index is 1770. The molecule has 8 nitrogen and oxygen atoms in total. The molecule has 0 amide bonds. The van der Waals surface area contributed by atoms with Crippen LogP contribution in [0.4, 0.5) is 0 Å². The van der Waals surface area contributed by atoms with E-state index in [1.54, 1.807) is 0 Å². The molecule has 12 aliphatic rings. The lowest BCUT2D eigenvalue weighted by atomic mass is 9.69. The zero-order valence-corrected chi connectivity index (χ0v) is 40.8. The van der Waals surface area contributed by atoms with Gasteiger partial charge in [-0.05, 0) is 174 Å². The van der Waals surface area contributed by atoms with Crippen LogP contribution in [0.25, 0.3) is 0 Å². The number of Topliss-reactive ketones (excluding diaryl/α,β-unsaturated/α-hetero) is 4. The monoisotopic (exact) mass is 960 g/mol. The van der Waals surface area contributed by atoms with Crippen molar-refractivity contribution in [1.29, 1.82) is 0 Å². The minimum absolute atomic E-state index is 0.0752. The van der Waals surface area contributed by atoms with Crippen LogP contribution in [0.2, 0.25) is 0 Å². The largest absolute Gasteiger partial charge is 0.393 e. The number of rotatable bonds is 0. The molecule has 12 aliphatic carbocycles. The van der Waals surface area contributed by atoms with Gasteiger partial charge in [-0.15, -0.1) is 0 Å². The van der Waals surface area contributed by atoms with Crippen LogP contribution in [-0.4, -0.2) is 68.0 Å². The highest BCUT2D eigenvalue weighted by molar-refractivity contribution is 6.30. The first-order chi connectivity index (χ1) is 30.4. The number of aliphatic hydroxyl groups is 4. The maximum Gasteiger partial charge on any atom is 0.137 e. The van der Waals surface area contributed by atoms with Gasteiger partial charge in [-0.1, -0.05) is 46.4 Å². The molecule has 0 radical (unpaired) electrons. The number of hydrogen-bond donors (Lipinski definition) is 4. The number of ketones is 4. The van der Waals surface area contributed by atoms with Crippen LogP contribution in [0.3, 0.4) is 0 Å². The molecule has 12 fully saturated rings. The molecule has 12 heteroatoms. The Balaban J connectivity index is 0.000000108. The van der Waals surface area contributed by atoms with Crippen molar-refractivity contribution in [3.63, 3.8) is 0 Å². The van der Waals surface area contributed by atoms with E-state index in [4.69, 9.17) is 46.4 Å². The Hall–Kier alpha value is -1.36. The Labute approximate surface area is 399 Å². The van der Waals surface area contributed by atoms with Gasteiger partial charge in [0.1, 0.15) is 23.1 Å². The van der Waals surface area contributed by atoms with Gasteiger partial charge in [0.15, 0.2) is 0 Å². The summed E-state index contributed by atoms with van der Waals surface area (Å²) in [5, 5.41) is 43.9. The van der Waals surface area contributed by atoms with Gasteiger partial charge in [-0.2, -0.15) is 0 Å². The molecular weight excluding hydrogens is 894 g/mol. The number of halogens is 4. The minimum atomic E-state index is -0.288. The van der Waals surface area contributed by atoms with Crippen LogP contribution >= 0.6 is 46.4 Å². The van der Waals surface area contributed by atoms with Crippen LogP contribution in [0.5, 0.6) is 0 Å². The maximum absolute atomic E-state index is 12.0. The van der Waals surface area contributed by atoms with Gasteiger partial charge in [0, 0.05) is 93.2 Å². The molecule has 0 aliphatic heterocycles. The number of hydrogen-bond acceptors (Lipinski definition) is 8. The van der Waals surface area contributed by atoms with Crippen molar-refractivity contribution in [3.05, 3.63) is 42.4 Å². The fourth-order valence-electron chi connectivity index (χ4n) is 17.4. The van der Waals surface area contributed by atoms with Gasteiger partial charge >= 0.3 is 0 Å². The molecule has 0 spiro atoms. The van der Waals surface area contributed by atoms with E-state index in [1.165, 1.54) is 22.3 Å². The number of carbonyl (C=O) groups is 4. The van der Waals surface area contributed by atoms with Crippen molar-refractivity contribution in [2.24, 2.45) is 94.7 Å². The fraction of sp³-hybridized carbons (Fsp3) is 0.769. The van der Waals surface area contributed by atoms with Gasteiger partial charge in [-0.3, -0.25) is 19.2 Å². The predicted molar refractivity (Wildman–Crippen MR) is 248 cm³/mol. The maximum atomic E-state index is 12.0. The third kappa shape index (κ3) is 7.77. The smallest absolute Gasteiger partial charge is 0.137 e. The lowest BCUT2D eigenvalue weighted by Crippen LogP contribution is -2.41. The summed E-state index contributed by atoms with van der Waals surface area (Å²) >= 11 is 24.6. The predicted octanol–water partition coefficient (Wildman–Crippen LogP) is 9.98. The molecule has 4 N–H and O–H groups in total. The molecule has 12 rings (SSSR count). The van der Waals surface area contributed by atoms with E-state index in [2.05, 4.69) is 0 Å². The molecule has 0 aromatic heterocycles. The van der Waals surface area contributed by atoms with Crippen LogP contribution in [0.1, 0.15) is 130 Å². The van der Waals surface area contributed by atoms with Gasteiger partial charge in [0.2, 0.25) is 0 Å². The molecule has 64 heavy (non-hydrogen) atoms. The summed E-state index contributed by atoms with van der Waals surface area (Å²) in [6.07, 6.45) is 12.4. The second-order valence-electron chi connectivity index (χ2n) is 21.8. The first-order valence-electron chi connectivity index (χ1n) is 24.7. The van der Waals surface area contributed by atoms with Gasteiger partial charge in [0.25, 0.3) is 0 Å². The Morgan fingerprint density at radius 3 is 0.656 bits per heavy atom. The molecule has 0 saturated heterocycles. The van der Waals surface area contributed by atoms with Crippen molar-refractivity contribution in [2.75, 3.05) is 0 Å². The average molecular weight is 963 g/mol. The highest BCUT2D eigenvalue weighted by Gasteiger charge is 2.61. The van der Waals surface area contributed by atoms with E-state index >= 15 is 0 Å².